The zero-order valence-electron chi connectivity index (χ0n) is 16.0. The maximum atomic E-state index is 12.7. The first-order chi connectivity index (χ1) is 13.6. The molecule has 0 saturated carbocycles. The minimum Gasteiger partial charge on any atom is -0.493 e. The Kier molecular flexibility index (Phi) is 4.77. The van der Waals surface area contributed by atoms with Crippen LogP contribution in [0.2, 0.25) is 0 Å². The fourth-order valence-electron chi connectivity index (χ4n) is 3.62. The van der Waals surface area contributed by atoms with Gasteiger partial charge in [0, 0.05) is 47.2 Å². The summed E-state index contributed by atoms with van der Waals surface area (Å²) in [6, 6.07) is 13.1. The maximum absolute atomic E-state index is 12.7. The van der Waals surface area contributed by atoms with Crippen LogP contribution in [0.25, 0.3) is 10.9 Å². The van der Waals surface area contributed by atoms with Crippen LogP contribution in [0.3, 0.4) is 0 Å². The largest absolute Gasteiger partial charge is 0.493 e. The molecule has 0 atom stereocenters. The predicted octanol–water partition coefficient (Wildman–Crippen LogP) is 3.34. The van der Waals surface area contributed by atoms with Crippen molar-refractivity contribution in [3.63, 3.8) is 0 Å². The number of hydrogen-bond donors (Lipinski definition) is 1. The summed E-state index contributed by atoms with van der Waals surface area (Å²) in [6.07, 6.45) is 0.798. The van der Waals surface area contributed by atoms with Gasteiger partial charge < -0.3 is 19.4 Å². The van der Waals surface area contributed by atoms with Crippen molar-refractivity contribution in [1.29, 1.82) is 0 Å². The summed E-state index contributed by atoms with van der Waals surface area (Å²) in [4.78, 5) is 29.5. The number of benzene rings is 2. The second kappa shape index (κ2) is 7.38. The lowest BCUT2D eigenvalue weighted by Crippen LogP contribution is -2.38. The minimum atomic E-state index is -0.0759. The van der Waals surface area contributed by atoms with Gasteiger partial charge in [-0.05, 0) is 31.2 Å². The Morgan fingerprint density at radius 1 is 1.14 bits per heavy atom. The van der Waals surface area contributed by atoms with Crippen molar-refractivity contribution in [2.75, 3.05) is 20.3 Å². The third-order valence-corrected chi connectivity index (χ3v) is 5.16. The van der Waals surface area contributed by atoms with Gasteiger partial charge in [-0.3, -0.25) is 9.59 Å². The van der Waals surface area contributed by atoms with Crippen LogP contribution in [0.15, 0.2) is 42.5 Å². The van der Waals surface area contributed by atoms with E-state index < -0.39 is 0 Å². The molecule has 0 fully saturated rings. The number of nitrogens with one attached hydrogen (secondary N) is 1. The van der Waals surface area contributed by atoms with E-state index in [4.69, 9.17) is 9.47 Å². The summed E-state index contributed by atoms with van der Waals surface area (Å²) in [5.41, 5.74) is 4.03. The number of aromatic amines is 1. The van der Waals surface area contributed by atoms with Gasteiger partial charge in [0.15, 0.2) is 23.9 Å². The maximum Gasteiger partial charge on any atom is 0.260 e. The molecule has 3 aromatic rings. The van der Waals surface area contributed by atoms with Gasteiger partial charge in [0.05, 0.1) is 7.11 Å². The van der Waals surface area contributed by atoms with Gasteiger partial charge in [-0.15, -0.1) is 0 Å². The van der Waals surface area contributed by atoms with Crippen LogP contribution >= 0.6 is 0 Å². The van der Waals surface area contributed by atoms with Crippen LogP contribution < -0.4 is 9.47 Å². The Morgan fingerprint density at radius 2 is 1.96 bits per heavy atom. The van der Waals surface area contributed by atoms with E-state index in [1.165, 1.54) is 25.3 Å². The second-order valence-corrected chi connectivity index (χ2v) is 6.90. The number of fused-ring (bicyclic) bond motifs is 3. The smallest absolute Gasteiger partial charge is 0.260 e. The number of Topliss-reactive ketones (excluding diaryl/α,β-unsaturated/α-hetero) is 1. The van der Waals surface area contributed by atoms with E-state index in [-0.39, 0.29) is 18.3 Å². The number of amides is 1. The number of rotatable bonds is 5. The lowest BCUT2D eigenvalue weighted by Gasteiger charge is -2.27. The number of H-pyrrole nitrogens is 1. The molecule has 1 aliphatic rings. The predicted molar refractivity (Wildman–Crippen MR) is 106 cm³/mol. The summed E-state index contributed by atoms with van der Waals surface area (Å²) in [5.74, 6) is 0.765. The Morgan fingerprint density at radius 3 is 2.75 bits per heavy atom. The molecule has 6 heteroatoms. The molecule has 1 aliphatic heterocycles. The van der Waals surface area contributed by atoms with E-state index >= 15 is 0 Å². The van der Waals surface area contributed by atoms with Crippen LogP contribution in [-0.2, 0) is 17.8 Å². The average molecular weight is 378 g/mol. The minimum absolute atomic E-state index is 0.0521. The molecule has 0 unspecified atom stereocenters. The summed E-state index contributed by atoms with van der Waals surface area (Å²) >= 11 is 0. The SMILES string of the molecule is COc1cc(C(C)=O)ccc1OCC(=O)N1CCc2[nH]c3ccccc3c2C1. The zero-order valence-corrected chi connectivity index (χ0v) is 16.0. The number of hydrogen-bond acceptors (Lipinski definition) is 4. The topological polar surface area (TPSA) is 71.6 Å². The van der Waals surface area contributed by atoms with Crippen molar-refractivity contribution in [2.24, 2.45) is 0 Å². The molecule has 1 aromatic heterocycles. The Bertz CT molecular complexity index is 1050. The van der Waals surface area contributed by atoms with E-state index in [9.17, 15) is 9.59 Å². The van der Waals surface area contributed by atoms with Crippen molar-refractivity contribution < 1.29 is 19.1 Å². The number of nitrogens with zero attached hydrogens (tertiary/aromatic N) is 1. The Hall–Kier alpha value is -3.28. The molecule has 1 amide bonds. The Labute approximate surface area is 163 Å². The van der Waals surface area contributed by atoms with Gasteiger partial charge >= 0.3 is 0 Å². The molecular formula is C22H22N2O4. The molecule has 0 radical (unpaired) electrons. The van der Waals surface area contributed by atoms with E-state index in [1.807, 2.05) is 17.0 Å². The number of ether oxygens (including phenoxy) is 2. The lowest BCUT2D eigenvalue weighted by atomic mass is 10.0. The highest BCUT2D eigenvalue weighted by Gasteiger charge is 2.24. The molecule has 4 rings (SSSR count). The monoisotopic (exact) mass is 378 g/mol. The number of carbonyl (C=O) groups is 2. The third kappa shape index (κ3) is 3.33. The van der Waals surface area contributed by atoms with E-state index in [1.54, 1.807) is 18.2 Å². The molecule has 0 bridgehead atoms. The first-order valence-corrected chi connectivity index (χ1v) is 9.25. The fraction of sp³-hybridized carbons (Fsp3) is 0.273. The highest BCUT2D eigenvalue weighted by molar-refractivity contribution is 5.94. The van der Waals surface area contributed by atoms with Crippen LogP contribution in [0.4, 0.5) is 0 Å². The zero-order chi connectivity index (χ0) is 19.7. The summed E-state index contributed by atoms with van der Waals surface area (Å²) in [7, 11) is 1.51. The molecule has 6 nitrogen and oxygen atoms in total. The fourth-order valence-corrected chi connectivity index (χ4v) is 3.62. The van der Waals surface area contributed by atoms with Crippen molar-refractivity contribution in [3.05, 3.63) is 59.3 Å². The summed E-state index contributed by atoms with van der Waals surface area (Å²) < 4.78 is 11.0. The number of para-hydroxylation sites is 1. The Balaban J connectivity index is 1.46. The van der Waals surface area contributed by atoms with Crippen LogP contribution in [0.5, 0.6) is 11.5 Å². The highest BCUT2D eigenvalue weighted by atomic mass is 16.5. The standard InChI is InChI=1S/C22H22N2O4/c1-14(25)15-7-8-20(21(11-15)27-2)28-13-22(26)24-10-9-19-17(12-24)16-5-3-4-6-18(16)23-19/h3-8,11,23H,9-10,12-13H2,1-2H3. The van der Waals surface area contributed by atoms with Gasteiger partial charge in [-0.2, -0.15) is 0 Å². The number of carbonyl (C=O) groups excluding carboxylic acids is 2. The molecule has 2 heterocycles. The summed E-state index contributed by atoms with van der Waals surface area (Å²) in [6.45, 7) is 2.64. The van der Waals surface area contributed by atoms with E-state index in [0.717, 1.165) is 17.3 Å². The quantitative estimate of drug-likeness (QED) is 0.691. The molecule has 0 saturated heterocycles. The van der Waals surface area contributed by atoms with Gasteiger partial charge in [0.2, 0.25) is 0 Å². The first kappa shape index (κ1) is 18.1. The van der Waals surface area contributed by atoms with E-state index in [0.29, 0.717) is 30.2 Å². The normalized spacial score (nSPS) is 13.3. The molecule has 0 spiro atoms. The molecule has 2 aromatic carbocycles. The summed E-state index contributed by atoms with van der Waals surface area (Å²) in [5, 5.41) is 1.16. The molecular weight excluding hydrogens is 356 g/mol. The van der Waals surface area contributed by atoms with Gasteiger partial charge in [0.1, 0.15) is 0 Å². The average Bonchev–Trinajstić information content (AvgIpc) is 3.09. The van der Waals surface area contributed by atoms with Crippen molar-refractivity contribution in [2.45, 2.75) is 19.9 Å². The molecule has 0 aliphatic carbocycles. The number of aromatic nitrogens is 1. The van der Waals surface area contributed by atoms with Gasteiger partial charge in [-0.25, -0.2) is 0 Å². The number of ketones is 1. The van der Waals surface area contributed by atoms with Gasteiger partial charge in [0.25, 0.3) is 5.91 Å². The second-order valence-electron chi connectivity index (χ2n) is 6.90. The molecule has 144 valence electrons. The van der Waals surface area contributed by atoms with Crippen LogP contribution in [0, 0.1) is 0 Å². The van der Waals surface area contributed by atoms with Crippen molar-refractivity contribution >= 4 is 22.6 Å². The lowest BCUT2D eigenvalue weighted by molar-refractivity contribution is -0.134. The molecule has 28 heavy (non-hydrogen) atoms. The van der Waals surface area contributed by atoms with Crippen molar-refractivity contribution in [3.8, 4) is 11.5 Å². The third-order valence-electron chi connectivity index (χ3n) is 5.16. The van der Waals surface area contributed by atoms with Crippen LogP contribution in [-0.4, -0.2) is 41.8 Å². The van der Waals surface area contributed by atoms with Crippen molar-refractivity contribution in [1.82, 2.24) is 9.88 Å². The van der Waals surface area contributed by atoms with Gasteiger partial charge in [-0.1, -0.05) is 18.2 Å². The molecule has 1 N–H and O–H groups in total. The van der Waals surface area contributed by atoms with Crippen LogP contribution in [0.1, 0.15) is 28.5 Å². The highest BCUT2D eigenvalue weighted by Crippen LogP contribution is 2.30. The first-order valence-electron chi connectivity index (χ1n) is 9.25. The van der Waals surface area contributed by atoms with E-state index in [2.05, 4.69) is 17.1 Å². The number of methoxy groups -OCH3 is 1.